The molecule has 1 aromatic rings. The predicted octanol–water partition coefficient (Wildman–Crippen LogP) is 1.20. The Bertz CT molecular complexity index is 423. The van der Waals surface area contributed by atoms with Crippen LogP contribution in [0.25, 0.3) is 0 Å². The molecule has 1 amide bonds. The van der Waals surface area contributed by atoms with Gasteiger partial charge in [0.1, 0.15) is 0 Å². The van der Waals surface area contributed by atoms with Crippen LogP contribution in [0.3, 0.4) is 0 Å². The van der Waals surface area contributed by atoms with Gasteiger partial charge < -0.3 is 10.6 Å². The number of nitrogens with two attached hydrogens (primary N) is 1. The van der Waals surface area contributed by atoms with Crippen molar-refractivity contribution in [2.24, 2.45) is 11.7 Å². The molecule has 0 saturated carbocycles. The summed E-state index contributed by atoms with van der Waals surface area (Å²) in [6, 6.07) is 7.52. The third-order valence-corrected chi connectivity index (χ3v) is 3.30. The average molecular weight is 232 g/mol. The lowest BCUT2D eigenvalue weighted by molar-refractivity contribution is -0.122. The molecule has 2 rings (SSSR count). The first-order valence-corrected chi connectivity index (χ1v) is 5.81. The topological polar surface area (TPSA) is 63.4 Å². The Hall–Kier alpha value is -1.84. The lowest BCUT2D eigenvalue weighted by Gasteiger charge is -2.33. The predicted molar refractivity (Wildman–Crippen MR) is 66.0 cm³/mol. The maximum atomic E-state index is 11.1. The zero-order chi connectivity index (χ0) is 12.3. The van der Waals surface area contributed by atoms with E-state index in [9.17, 15) is 9.59 Å². The standard InChI is InChI=1S/C13H16N2O2/c14-13(17)10-5-7-15(8-6-10)12-4-2-1-3-11(12)9-16/h1-4,9-10H,5-8H2,(H2,14,17). The highest BCUT2D eigenvalue weighted by Crippen LogP contribution is 2.25. The third kappa shape index (κ3) is 2.46. The van der Waals surface area contributed by atoms with Crippen molar-refractivity contribution in [3.8, 4) is 0 Å². The van der Waals surface area contributed by atoms with Gasteiger partial charge >= 0.3 is 0 Å². The molecule has 1 aromatic carbocycles. The Kier molecular flexibility index (Phi) is 3.42. The highest BCUT2D eigenvalue weighted by molar-refractivity contribution is 5.84. The molecule has 0 radical (unpaired) electrons. The molecule has 1 heterocycles. The molecular weight excluding hydrogens is 216 g/mol. The molecule has 4 nitrogen and oxygen atoms in total. The fourth-order valence-electron chi connectivity index (χ4n) is 2.28. The maximum absolute atomic E-state index is 11.1. The van der Waals surface area contributed by atoms with Crippen LogP contribution in [0.2, 0.25) is 0 Å². The normalized spacial score (nSPS) is 16.8. The first-order valence-electron chi connectivity index (χ1n) is 5.81. The number of carbonyl (C=O) groups is 2. The number of para-hydroxylation sites is 1. The van der Waals surface area contributed by atoms with Crippen LogP contribution < -0.4 is 10.6 Å². The van der Waals surface area contributed by atoms with E-state index in [0.29, 0.717) is 5.56 Å². The van der Waals surface area contributed by atoms with Gasteiger partial charge in [-0.2, -0.15) is 0 Å². The highest BCUT2D eigenvalue weighted by Gasteiger charge is 2.23. The van der Waals surface area contributed by atoms with Crippen molar-refractivity contribution in [3.63, 3.8) is 0 Å². The smallest absolute Gasteiger partial charge is 0.220 e. The van der Waals surface area contributed by atoms with Gasteiger partial charge in [-0.3, -0.25) is 9.59 Å². The molecule has 1 aliphatic heterocycles. The van der Waals surface area contributed by atoms with E-state index < -0.39 is 0 Å². The number of hydrogen-bond donors (Lipinski definition) is 1. The van der Waals surface area contributed by atoms with Crippen molar-refractivity contribution in [1.29, 1.82) is 0 Å². The van der Waals surface area contributed by atoms with E-state index >= 15 is 0 Å². The van der Waals surface area contributed by atoms with Crippen LogP contribution in [-0.4, -0.2) is 25.3 Å². The first-order chi connectivity index (χ1) is 8.22. The second kappa shape index (κ2) is 4.99. The summed E-state index contributed by atoms with van der Waals surface area (Å²) in [5, 5.41) is 0. The Morgan fingerprint density at radius 3 is 2.53 bits per heavy atom. The van der Waals surface area contributed by atoms with Crippen LogP contribution in [0.5, 0.6) is 0 Å². The summed E-state index contributed by atoms with van der Waals surface area (Å²) in [6.07, 6.45) is 2.40. The van der Waals surface area contributed by atoms with Crippen LogP contribution in [0.15, 0.2) is 24.3 Å². The number of primary amides is 1. The molecule has 90 valence electrons. The number of rotatable bonds is 3. The molecule has 4 heteroatoms. The van der Waals surface area contributed by atoms with Gasteiger partial charge in [-0.05, 0) is 25.0 Å². The van der Waals surface area contributed by atoms with E-state index in [0.717, 1.165) is 37.9 Å². The molecule has 17 heavy (non-hydrogen) atoms. The molecule has 0 atom stereocenters. The fraction of sp³-hybridized carbons (Fsp3) is 0.385. The molecule has 0 aromatic heterocycles. The van der Waals surface area contributed by atoms with Gasteiger partial charge in [0.25, 0.3) is 0 Å². The number of carbonyl (C=O) groups excluding carboxylic acids is 2. The van der Waals surface area contributed by atoms with E-state index in [1.54, 1.807) is 0 Å². The Labute approximate surface area is 100 Å². The van der Waals surface area contributed by atoms with E-state index in [1.165, 1.54) is 0 Å². The van der Waals surface area contributed by atoms with Gasteiger partial charge in [-0.15, -0.1) is 0 Å². The minimum Gasteiger partial charge on any atom is -0.371 e. The number of benzene rings is 1. The van der Waals surface area contributed by atoms with Crippen molar-refractivity contribution in [2.75, 3.05) is 18.0 Å². The van der Waals surface area contributed by atoms with Crippen molar-refractivity contribution >= 4 is 17.9 Å². The van der Waals surface area contributed by atoms with E-state index in [2.05, 4.69) is 4.90 Å². The number of aldehydes is 1. The quantitative estimate of drug-likeness (QED) is 0.796. The molecule has 1 fully saturated rings. The van der Waals surface area contributed by atoms with Crippen LogP contribution >= 0.6 is 0 Å². The lowest BCUT2D eigenvalue weighted by atomic mass is 9.95. The minimum atomic E-state index is -0.215. The van der Waals surface area contributed by atoms with Crippen molar-refractivity contribution in [2.45, 2.75) is 12.8 Å². The van der Waals surface area contributed by atoms with Gasteiger partial charge in [-0.25, -0.2) is 0 Å². The molecule has 0 aliphatic carbocycles. The number of amides is 1. The maximum Gasteiger partial charge on any atom is 0.220 e. The molecule has 1 saturated heterocycles. The number of nitrogens with zero attached hydrogens (tertiary/aromatic N) is 1. The van der Waals surface area contributed by atoms with Crippen LogP contribution in [0.1, 0.15) is 23.2 Å². The van der Waals surface area contributed by atoms with Gasteiger partial charge in [0, 0.05) is 30.3 Å². The summed E-state index contributed by atoms with van der Waals surface area (Å²) in [5.74, 6) is -0.233. The molecule has 0 spiro atoms. The highest BCUT2D eigenvalue weighted by atomic mass is 16.1. The molecule has 1 aliphatic rings. The summed E-state index contributed by atoms with van der Waals surface area (Å²) in [7, 11) is 0. The molecule has 2 N–H and O–H groups in total. The van der Waals surface area contributed by atoms with Gasteiger partial charge in [0.05, 0.1) is 0 Å². The van der Waals surface area contributed by atoms with Crippen LogP contribution in [0, 0.1) is 5.92 Å². The number of piperidine rings is 1. The summed E-state index contributed by atoms with van der Waals surface area (Å²) in [5.41, 5.74) is 6.94. The van der Waals surface area contributed by atoms with E-state index in [4.69, 9.17) is 5.73 Å². The van der Waals surface area contributed by atoms with Crippen molar-refractivity contribution in [3.05, 3.63) is 29.8 Å². The average Bonchev–Trinajstić information content (AvgIpc) is 2.39. The monoisotopic (exact) mass is 232 g/mol. The van der Waals surface area contributed by atoms with Crippen molar-refractivity contribution < 1.29 is 9.59 Å². The van der Waals surface area contributed by atoms with Crippen LogP contribution in [-0.2, 0) is 4.79 Å². The second-order valence-corrected chi connectivity index (χ2v) is 4.34. The molecule has 0 bridgehead atoms. The number of anilines is 1. The summed E-state index contributed by atoms with van der Waals surface area (Å²) < 4.78 is 0. The Morgan fingerprint density at radius 1 is 1.29 bits per heavy atom. The summed E-state index contributed by atoms with van der Waals surface area (Å²) in [4.78, 5) is 24.2. The molecule has 0 unspecified atom stereocenters. The summed E-state index contributed by atoms with van der Waals surface area (Å²) in [6.45, 7) is 1.55. The van der Waals surface area contributed by atoms with Gasteiger partial charge in [-0.1, -0.05) is 12.1 Å². The first kappa shape index (κ1) is 11.6. The zero-order valence-electron chi connectivity index (χ0n) is 9.63. The lowest BCUT2D eigenvalue weighted by Crippen LogP contribution is -2.38. The second-order valence-electron chi connectivity index (χ2n) is 4.34. The zero-order valence-corrected chi connectivity index (χ0v) is 9.63. The van der Waals surface area contributed by atoms with E-state index in [1.807, 2.05) is 24.3 Å². The Morgan fingerprint density at radius 2 is 1.94 bits per heavy atom. The largest absolute Gasteiger partial charge is 0.371 e. The van der Waals surface area contributed by atoms with Crippen LogP contribution in [0.4, 0.5) is 5.69 Å². The molecular formula is C13H16N2O2. The SMILES string of the molecule is NC(=O)C1CCN(c2ccccc2C=O)CC1. The van der Waals surface area contributed by atoms with Gasteiger partial charge in [0.2, 0.25) is 5.91 Å². The van der Waals surface area contributed by atoms with E-state index in [-0.39, 0.29) is 11.8 Å². The number of hydrogen-bond acceptors (Lipinski definition) is 3. The summed E-state index contributed by atoms with van der Waals surface area (Å²) >= 11 is 0. The van der Waals surface area contributed by atoms with Crippen molar-refractivity contribution in [1.82, 2.24) is 0 Å². The minimum absolute atomic E-state index is 0.0188. The van der Waals surface area contributed by atoms with Gasteiger partial charge in [0.15, 0.2) is 6.29 Å². The fourth-order valence-corrected chi connectivity index (χ4v) is 2.28. The Balaban J connectivity index is 2.10. The third-order valence-electron chi connectivity index (χ3n) is 3.30.